The smallest absolute Gasteiger partial charge is 0.239 e. The molecule has 2 rings (SSSR count). The second-order valence-electron chi connectivity index (χ2n) is 4.21. The SMILES string of the molecule is O=C([C@@H]1CCCN1)N1CCC(O)CC1. The van der Waals surface area contributed by atoms with Gasteiger partial charge in [-0.2, -0.15) is 0 Å². The van der Waals surface area contributed by atoms with Crippen LogP contribution in [0.5, 0.6) is 0 Å². The van der Waals surface area contributed by atoms with E-state index in [-0.39, 0.29) is 18.1 Å². The van der Waals surface area contributed by atoms with Crippen molar-refractivity contribution in [3.8, 4) is 0 Å². The van der Waals surface area contributed by atoms with Crippen molar-refractivity contribution in [3.05, 3.63) is 0 Å². The van der Waals surface area contributed by atoms with Gasteiger partial charge in [0.2, 0.25) is 5.91 Å². The third-order valence-corrected chi connectivity index (χ3v) is 3.13. The van der Waals surface area contributed by atoms with Gasteiger partial charge in [-0.05, 0) is 32.2 Å². The molecule has 2 N–H and O–H groups in total. The number of rotatable bonds is 1. The highest BCUT2D eigenvalue weighted by Crippen LogP contribution is 2.14. The molecule has 80 valence electrons. The first-order valence-electron chi connectivity index (χ1n) is 5.47. The number of carbonyl (C=O) groups is 1. The van der Waals surface area contributed by atoms with Crippen molar-refractivity contribution in [2.45, 2.75) is 37.8 Å². The van der Waals surface area contributed by atoms with E-state index in [1.807, 2.05) is 4.90 Å². The van der Waals surface area contributed by atoms with Crippen LogP contribution >= 0.6 is 0 Å². The number of piperidine rings is 1. The molecule has 0 unspecified atom stereocenters. The van der Waals surface area contributed by atoms with Crippen LogP contribution in [-0.2, 0) is 4.79 Å². The summed E-state index contributed by atoms with van der Waals surface area (Å²) in [7, 11) is 0. The summed E-state index contributed by atoms with van der Waals surface area (Å²) >= 11 is 0. The number of amides is 1. The van der Waals surface area contributed by atoms with Crippen LogP contribution in [-0.4, -0.2) is 47.7 Å². The van der Waals surface area contributed by atoms with Crippen LogP contribution in [0.1, 0.15) is 25.7 Å². The second-order valence-corrected chi connectivity index (χ2v) is 4.21. The fraction of sp³-hybridized carbons (Fsp3) is 0.900. The van der Waals surface area contributed by atoms with E-state index < -0.39 is 0 Å². The van der Waals surface area contributed by atoms with Gasteiger partial charge < -0.3 is 15.3 Å². The van der Waals surface area contributed by atoms with E-state index in [9.17, 15) is 9.90 Å². The van der Waals surface area contributed by atoms with Gasteiger partial charge in [0, 0.05) is 13.1 Å². The Balaban J connectivity index is 1.85. The summed E-state index contributed by atoms with van der Waals surface area (Å²) in [5.74, 6) is 0.231. The number of aliphatic hydroxyl groups excluding tert-OH is 1. The largest absolute Gasteiger partial charge is 0.393 e. The molecule has 0 aromatic rings. The lowest BCUT2D eigenvalue weighted by Gasteiger charge is -2.31. The minimum absolute atomic E-state index is 0.0465. The van der Waals surface area contributed by atoms with E-state index in [0.29, 0.717) is 0 Å². The molecule has 0 spiro atoms. The molecule has 2 aliphatic rings. The minimum Gasteiger partial charge on any atom is -0.393 e. The lowest BCUT2D eigenvalue weighted by Crippen LogP contribution is -2.47. The van der Waals surface area contributed by atoms with Crippen LogP contribution in [0.25, 0.3) is 0 Å². The topological polar surface area (TPSA) is 52.6 Å². The van der Waals surface area contributed by atoms with Gasteiger partial charge in [0.25, 0.3) is 0 Å². The van der Waals surface area contributed by atoms with E-state index in [0.717, 1.165) is 45.3 Å². The fourth-order valence-electron chi connectivity index (χ4n) is 2.20. The summed E-state index contributed by atoms with van der Waals surface area (Å²) < 4.78 is 0. The zero-order valence-electron chi connectivity index (χ0n) is 8.41. The summed E-state index contributed by atoms with van der Waals surface area (Å²) in [6.07, 6.45) is 3.34. The predicted octanol–water partition coefficient (Wildman–Crippen LogP) is -0.278. The van der Waals surface area contributed by atoms with E-state index in [4.69, 9.17) is 0 Å². The first-order chi connectivity index (χ1) is 6.77. The Morgan fingerprint density at radius 2 is 2.00 bits per heavy atom. The summed E-state index contributed by atoms with van der Waals surface area (Å²) in [6.45, 7) is 2.41. The number of nitrogens with zero attached hydrogens (tertiary/aromatic N) is 1. The van der Waals surface area contributed by atoms with Crippen molar-refractivity contribution >= 4 is 5.91 Å². The molecule has 4 heteroatoms. The van der Waals surface area contributed by atoms with E-state index in [1.165, 1.54) is 0 Å². The van der Waals surface area contributed by atoms with Crippen LogP contribution in [0.3, 0.4) is 0 Å². The standard InChI is InChI=1S/C10H18N2O2/c13-8-3-6-12(7-4-8)10(14)9-2-1-5-11-9/h8-9,11,13H,1-7H2/t9-/m0/s1. The monoisotopic (exact) mass is 198 g/mol. The normalized spacial score (nSPS) is 29.5. The third-order valence-electron chi connectivity index (χ3n) is 3.13. The summed E-state index contributed by atoms with van der Waals surface area (Å²) in [5.41, 5.74) is 0. The zero-order valence-corrected chi connectivity index (χ0v) is 8.41. The van der Waals surface area contributed by atoms with Gasteiger partial charge in [-0.3, -0.25) is 4.79 Å². The molecular weight excluding hydrogens is 180 g/mol. The van der Waals surface area contributed by atoms with E-state index >= 15 is 0 Å². The Kier molecular flexibility index (Phi) is 3.03. The Bertz CT molecular complexity index is 206. The van der Waals surface area contributed by atoms with Crippen LogP contribution in [0, 0.1) is 0 Å². The molecule has 4 nitrogen and oxygen atoms in total. The van der Waals surface area contributed by atoms with Crippen LogP contribution in [0.2, 0.25) is 0 Å². The van der Waals surface area contributed by atoms with Crippen LogP contribution in [0.4, 0.5) is 0 Å². The number of aliphatic hydroxyl groups is 1. The lowest BCUT2D eigenvalue weighted by molar-refractivity contribution is -0.135. The van der Waals surface area contributed by atoms with Crippen molar-refractivity contribution in [2.24, 2.45) is 0 Å². The van der Waals surface area contributed by atoms with E-state index in [2.05, 4.69) is 5.32 Å². The highest BCUT2D eigenvalue weighted by molar-refractivity contribution is 5.82. The Labute approximate surface area is 84.3 Å². The highest BCUT2D eigenvalue weighted by Gasteiger charge is 2.28. The quantitative estimate of drug-likeness (QED) is 0.609. The Hall–Kier alpha value is -0.610. The molecule has 2 fully saturated rings. The predicted molar refractivity (Wildman–Crippen MR) is 52.8 cm³/mol. The lowest BCUT2D eigenvalue weighted by atomic mass is 10.1. The molecular formula is C10H18N2O2. The molecule has 1 amide bonds. The molecule has 0 aromatic heterocycles. The summed E-state index contributed by atoms with van der Waals surface area (Å²) in [6, 6.07) is 0.0465. The molecule has 14 heavy (non-hydrogen) atoms. The maximum absolute atomic E-state index is 11.9. The first-order valence-corrected chi connectivity index (χ1v) is 5.47. The molecule has 0 radical (unpaired) electrons. The summed E-state index contributed by atoms with van der Waals surface area (Å²) in [5, 5.41) is 12.5. The van der Waals surface area contributed by atoms with Gasteiger partial charge in [0.05, 0.1) is 12.1 Å². The van der Waals surface area contributed by atoms with Gasteiger partial charge in [0.1, 0.15) is 0 Å². The average molecular weight is 198 g/mol. The molecule has 0 saturated carbocycles. The average Bonchev–Trinajstić information content (AvgIpc) is 2.71. The van der Waals surface area contributed by atoms with Crippen molar-refractivity contribution in [1.82, 2.24) is 10.2 Å². The molecule has 2 aliphatic heterocycles. The van der Waals surface area contributed by atoms with Gasteiger partial charge >= 0.3 is 0 Å². The van der Waals surface area contributed by atoms with Crippen molar-refractivity contribution < 1.29 is 9.90 Å². The third kappa shape index (κ3) is 2.07. The molecule has 2 saturated heterocycles. The van der Waals surface area contributed by atoms with Gasteiger partial charge in [0.15, 0.2) is 0 Å². The van der Waals surface area contributed by atoms with Crippen LogP contribution in [0.15, 0.2) is 0 Å². The maximum Gasteiger partial charge on any atom is 0.239 e. The highest BCUT2D eigenvalue weighted by atomic mass is 16.3. The molecule has 1 atom stereocenters. The van der Waals surface area contributed by atoms with Gasteiger partial charge in [-0.1, -0.05) is 0 Å². The first kappa shape index (κ1) is 9.93. The molecule has 0 bridgehead atoms. The molecule has 0 aromatic carbocycles. The fourth-order valence-corrected chi connectivity index (χ4v) is 2.20. The number of nitrogens with one attached hydrogen (secondary N) is 1. The van der Waals surface area contributed by atoms with Crippen molar-refractivity contribution in [1.29, 1.82) is 0 Å². The van der Waals surface area contributed by atoms with E-state index in [1.54, 1.807) is 0 Å². The Morgan fingerprint density at radius 3 is 2.57 bits per heavy atom. The number of likely N-dealkylation sites (tertiary alicyclic amines) is 1. The number of carbonyl (C=O) groups excluding carboxylic acids is 1. The number of hydrogen-bond donors (Lipinski definition) is 2. The Morgan fingerprint density at radius 1 is 1.29 bits per heavy atom. The maximum atomic E-state index is 11.9. The van der Waals surface area contributed by atoms with Crippen LogP contribution < -0.4 is 5.32 Å². The van der Waals surface area contributed by atoms with Gasteiger partial charge in [-0.15, -0.1) is 0 Å². The molecule has 2 heterocycles. The van der Waals surface area contributed by atoms with Crippen molar-refractivity contribution in [2.75, 3.05) is 19.6 Å². The zero-order chi connectivity index (χ0) is 9.97. The second kappa shape index (κ2) is 4.28. The minimum atomic E-state index is -0.199. The van der Waals surface area contributed by atoms with Gasteiger partial charge in [-0.25, -0.2) is 0 Å². The summed E-state index contributed by atoms with van der Waals surface area (Å²) in [4.78, 5) is 13.8. The van der Waals surface area contributed by atoms with Crippen molar-refractivity contribution in [3.63, 3.8) is 0 Å². The molecule has 0 aliphatic carbocycles. The number of hydrogen-bond acceptors (Lipinski definition) is 3.